The number of carbonyl (C=O) groups is 2. The van der Waals surface area contributed by atoms with E-state index in [1.165, 1.54) is 42.2 Å². The number of nitrogen functional groups attached to an aromatic ring is 1. The molecule has 3 aromatic carbocycles. The van der Waals surface area contributed by atoms with Crippen LogP contribution in [0.5, 0.6) is 0 Å². The molecule has 3 N–H and O–H groups in total. The topological polar surface area (TPSA) is 119 Å². The number of hydrogen-bond acceptors (Lipinski definition) is 6. The minimum atomic E-state index is -4.00. The van der Waals surface area contributed by atoms with E-state index >= 15 is 0 Å². The van der Waals surface area contributed by atoms with Gasteiger partial charge in [0.1, 0.15) is 0 Å². The Morgan fingerprint density at radius 2 is 1.67 bits per heavy atom. The van der Waals surface area contributed by atoms with Crippen LogP contribution in [0.4, 0.5) is 11.4 Å². The quantitative estimate of drug-likeness (QED) is 0.388. The number of esters is 1. The van der Waals surface area contributed by atoms with Crippen LogP contribution < -0.4 is 10.5 Å². The van der Waals surface area contributed by atoms with Crippen LogP contribution in [-0.4, -0.2) is 38.3 Å². The first-order valence-electron chi connectivity index (χ1n) is 10.1. The summed E-state index contributed by atoms with van der Waals surface area (Å²) in [6.07, 6.45) is -1.07. The lowest BCUT2D eigenvalue weighted by atomic mass is 10.2. The Bertz CT molecular complexity index is 1250. The summed E-state index contributed by atoms with van der Waals surface area (Å²) in [5.41, 5.74) is 6.92. The van der Waals surface area contributed by atoms with Crippen LogP contribution in [0.15, 0.2) is 83.8 Å². The van der Waals surface area contributed by atoms with E-state index in [0.717, 1.165) is 5.56 Å². The number of nitrogens with two attached hydrogens (primary N) is 1. The van der Waals surface area contributed by atoms with Crippen LogP contribution in [-0.2, 0) is 26.1 Å². The van der Waals surface area contributed by atoms with E-state index in [0.29, 0.717) is 6.54 Å². The minimum absolute atomic E-state index is 0.0182. The second-order valence-electron chi connectivity index (χ2n) is 7.45. The maximum Gasteiger partial charge on any atom is 0.341 e. The summed E-state index contributed by atoms with van der Waals surface area (Å²) < 4.78 is 33.2. The van der Waals surface area contributed by atoms with Crippen molar-refractivity contribution >= 4 is 33.3 Å². The molecule has 0 saturated carbocycles. The van der Waals surface area contributed by atoms with Gasteiger partial charge in [-0.3, -0.25) is 9.52 Å². The minimum Gasteiger partial charge on any atom is -0.449 e. The highest BCUT2D eigenvalue weighted by Crippen LogP contribution is 2.22. The summed E-state index contributed by atoms with van der Waals surface area (Å²) in [6, 6.07) is 21.2. The van der Waals surface area contributed by atoms with E-state index < -0.39 is 22.1 Å². The normalized spacial score (nSPS) is 11.9. The van der Waals surface area contributed by atoms with Crippen LogP contribution in [0.25, 0.3) is 0 Å². The van der Waals surface area contributed by atoms with E-state index in [9.17, 15) is 18.0 Å². The van der Waals surface area contributed by atoms with Crippen LogP contribution in [0.3, 0.4) is 0 Å². The largest absolute Gasteiger partial charge is 0.449 e. The maximum atomic E-state index is 12.8. The zero-order valence-corrected chi connectivity index (χ0v) is 19.1. The fourth-order valence-corrected chi connectivity index (χ4v) is 4.29. The van der Waals surface area contributed by atoms with E-state index in [2.05, 4.69) is 4.72 Å². The van der Waals surface area contributed by atoms with Gasteiger partial charge in [0.05, 0.1) is 16.1 Å². The lowest BCUT2D eigenvalue weighted by molar-refractivity contribution is -0.139. The molecule has 0 saturated heterocycles. The molecule has 0 bridgehead atoms. The number of benzene rings is 3. The SMILES string of the molecule is C[C@@H](OC(=O)c1ccccc1NS(=O)(=O)c1cccc(N)c1)C(=O)N(C)Cc1ccccc1. The Morgan fingerprint density at radius 3 is 2.36 bits per heavy atom. The van der Waals surface area contributed by atoms with Crippen molar-refractivity contribution in [3.05, 3.63) is 90.0 Å². The molecule has 0 aromatic heterocycles. The zero-order chi connectivity index (χ0) is 24.0. The third-order valence-corrected chi connectivity index (χ3v) is 6.19. The first-order chi connectivity index (χ1) is 15.7. The van der Waals surface area contributed by atoms with Crippen LogP contribution in [0.1, 0.15) is 22.8 Å². The van der Waals surface area contributed by atoms with Crippen molar-refractivity contribution in [2.75, 3.05) is 17.5 Å². The van der Waals surface area contributed by atoms with Crippen molar-refractivity contribution in [3.8, 4) is 0 Å². The number of para-hydroxylation sites is 1. The predicted molar refractivity (Wildman–Crippen MR) is 126 cm³/mol. The summed E-state index contributed by atoms with van der Waals surface area (Å²) in [5.74, 6) is -1.21. The average Bonchev–Trinajstić information content (AvgIpc) is 2.79. The number of ether oxygens (including phenoxy) is 1. The van der Waals surface area contributed by atoms with Gasteiger partial charge in [0.15, 0.2) is 6.10 Å². The van der Waals surface area contributed by atoms with Gasteiger partial charge in [0, 0.05) is 19.3 Å². The number of nitrogens with zero attached hydrogens (tertiary/aromatic N) is 1. The van der Waals surface area contributed by atoms with Gasteiger partial charge in [0.25, 0.3) is 15.9 Å². The van der Waals surface area contributed by atoms with E-state index in [1.807, 2.05) is 30.3 Å². The van der Waals surface area contributed by atoms with Crippen molar-refractivity contribution < 1.29 is 22.7 Å². The maximum absolute atomic E-state index is 12.8. The van der Waals surface area contributed by atoms with E-state index in [-0.39, 0.29) is 27.7 Å². The van der Waals surface area contributed by atoms with Crippen molar-refractivity contribution in [2.24, 2.45) is 0 Å². The Hall–Kier alpha value is -3.85. The van der Waals surface area contributed by atoms with E-state index in [4.69, 9.17) is 10.5 Å². The lowest BCUT2D eigenvalue weighted by Gasteiger charge is -2.22. The van der Waals surface area contributed by atoms with Crippen molar-refractivity contribution in [3.63, 3.8) is 0 Å². The molecule has 1 amide bonds. The number of carbonyl (C=O) groups excluding carboxylic acids is 2. The zero-order valence-electron chi connectivity index (χ0n) is 18.3. The first kappa shape index (κ1) is 23.8. The smallest absolute Gasteiger partial charge is 0.341 e. The summed E-state index contributed by atoms with van der Waals surface area (Å²) >= 11 is 0. The van der Waals surface area contributed by atoms with Crippen molar-refractivity contribution in [2.45, 2.75) is 24.5 Å². The predicted octanol–water partition coefficient (Wildman–Crippen LogP) is 3.27. The fourth-order valence-electron chi connectivity index (χ4n) is 3.16. The molecule has 0 spiro atoms. The third kappa shape index (κ3) is 6.11. The number of likely N-dealkylation sites (N-methyl/N-ethyl adjacent to an activating group) is 1. The molecule has 0 unspecified atom stereocenters. The second-order valence-corrected chi connectivity index (χ2v) is 9.13. The van der Waals surface area contributed by atoms with Crippen LogP contribution >= 0.6 is 0 Å². The molecule has 0 aliphatic carbocycles. The Kier molecular flexibility index (Phi) is 7.34. The Balaban J connectivity index is 1.72. The van der Waals surface area contributed by atoms with Crippen molar-refractivity contribution in [1.82, 2.24) is 4.90 Å². The monoisotopic (exact) mass is 467 g/mol. The third-order valence-electron chi connectivity index (χ3n) is 4.83. The molecule has 33 heavy (non-hydrogen) atoms. The van der Waals surface area contributed by atoms with Gasteiger partial charge in [-0.2, -0.15) is 0 Å². The van der Waals surface area contributed by atoms with Crippen LogP contribution in [0.2, 0.25) is 0 Å². The molecule has 8 nitrogen and oxygen atoms in total. The fraction of sp³-hybridized carbons (Fsp3) is 0.167. The molecule has 9 heteroatoms. The molecule has 1 atom stereocenters. The molecule has 0 aliphatic heterocycles. The van der Waals surface area contributed by atoms with Gasteiger partial charge >= 0.3 is 5.97 Å². The number of amides is 1. The number of sulfonamides is 1. The van der Waals surface area contributed by atoms with Gasteiger partial charge in [0.2, 0.25) is 0 Å². The molecule has 3 rings (SSSR count). The lowest BCUT2D eigenvalue weighted by Crippen LogP contribution is -2.37. The molecule has 0 heterocycles. The highest BCUT2D eigenvalue weighted by molar-refractivity contribution is 7.92. The summed E-state index contributed by atoms with van der Waals surface area (Å²) in [7, 11) is -2.38. The first-order valence-corrected chi connectivity index (χ1v) is 11.6. The number of rotatable bonds is 8. The number of anilines is 2. The number of hydrogen-bond donors (Lipinski definition) is 2. The molecule has 172 valence electrons. The van der Waals surface area contributed by atoms with Gasteiger partial charge in [-0.25, -0.2) is 13.2 Å². The molecular weight excluding hydrogens is 442 g/mol. The molecule has 0 radical (unpaired) electrons. The molecule has 0 fully saturated rings. The highest BCUT2D eigenvalue weighted by Gasteiger charge is 2.25. The summed E-state index contributed by atoms with van der Waals surface area (Å²) in [4.78, 5) is 26.9. The molecular formula is C24H25N3O5S. The number of nitrogens with one attached hydrogen (secondary N) is 1. The van der Waals surface area contributed by atoms with Gasteiger partial charge in [-0.05, 0) is 42.8 Å². The Morgan fingerprint density at radius 1 is 1.00 bits per heavy atom. The summed E-state index contributed by atoms with van der Waals surface area (Å²) in [6.45, 7) is 1.83. The summed E-state index contributed by atoms with van der Waals surface area (Å²) in [5, 5.41) is 0. The van der Waals surface area contributed by atoms with Crippen molar-refractivity contribution in [1.29, 1.82) is 0 Å². The van der Waals surface area contributed by atoms with E-state index in [1.54, 1.807) is 25.2 Å². The van der Waals surface area contributed by atoms with Gasteiger partial charge in [-0.15, -0.1) is 0 Å². The van der Waals surface area contributed by atoms with Gasteiger partial charge < -0.3 is 15.4 Å². The molecule has 3 aromatic rings. The standard InChI is InChI=1S/C24H25N3O5S/c1-17(23(28)27(2)16-18-9-4-3-5-10-18)32-24(29)21-13-6-7-14-22(21)26-33(30,31)20-12-8-11-19(25)15-20/h3-15,17,26H,16,25H2,1-2H3/t17-/m1/s1. The van der Waals surface area contributed by atoms with Gasteiger partial charge in [-0.1, -0.05) is 48.5 Å². The van der Waals surface area contributed by atoms with Crippen LogP contribution in [0, 0.1) is 0 Å². The second kappa shape index (κ2) is 10.2. The highest BCUT2D eigenvalue weighted by atomic mass is 32.2. The molecule has 0 aliphatic rings. The average molecular weight is 468 g/mol. The Labute approximate surface area is 193 Å².